The van der Waals surface area contributed by atoms with Crippen LogP contribution in [0.2, 0.25) is 0 Å². The number of rotatable bonds is 1. The Labute approximate surface area is 135 Å². The summed E-state index contributed by atoms with van der Waals surface area (Å²) in [5.74, 6) is 1.75. The Balaban J connectivity index is 1.78. The van der Waals surface area contributed by atoms with Crippen LogP contribution in [-0.4, -0.2) is 22.9 Å². The van der Waals surface area contributed by atoms with Crippen LogP contribution in [0, 0.1) is 34.0 Å². The summed E-state index contributed by atoms with van der Waals surface area (Å²) in [4.78, 5) is 0. The van der Waals surface area contributed by atoms with Crippen molar-refractivity contribution in [2.45, 2.75) is 71.3 Å². The summed E-state index contributed by atoms with van der Waals surface area (Å²) in [6.07, 6.45) is 9.10. The highest BCUT2D eigenvalue weighted by Gasteiger charge is 2.66. The first-order valence-corrected chi connectivity index (χ1v) is 9.32. The quantitative estimate of drug-likeness (QED) is 0.721. The van der Waals surface area contributed by atoms with E-state index in [1.165, 1.54) is 37.7 Å². The largest absolute Gasteiger partial charge is 0.396 e. The Morgan fingerprint density at radius 1 is 1.18 bits per heavy atom. The summed E-state index contributed by atoms with van der Waals surface area (Å²) < 4.78 is 0. The number of aliphatic hydroxyl groups is 2. The molecule has 2 N–H and O–H groups in total. The molecule has 0 heterocycles. The zero-order chi connectivity index (χ0) is 15.8. The van der Waals surface area contributed by atoms with Gasteiger partial charge in [0.25, 0.3) is 0 Å². The van der Waals surface area contributed by atoms with Gasteiger partial charge in [0.1, 0.15) is 0 Å². The molecule has 4 rings (SSSR count). The van der Waals surface area contributed by atoms with Crippen LogP contribution >= 0.6 is 0 Å². The summed E-state index contributed by atoms with van der Waals surface area (Å²) in [6.45, 7) is 9.36. The maximum atomic E-state index is 11.2. The zero-order valence-electron chi connectivity index (χ0n) is 14.3. The number of fused-ring (bicyclic) bond motifs is 3. The SMILES string of the molecule is C=C1C[C@]23C[C@H]1CC[C@H]2[C@]1(C)CCC[C@](C)(CO)[C@H]1C[C@H]3O. The molecule has 2 nitrogen and oxygen atoms in total. The lowest BCUT2D eigenvalue weighted by molar-refractivity contribution is -0.205. The maximum Gasteiger partial charge on any atom is 0.0605 e. The fourth-order valence-electron chi connectivity index (χ4n) is 7.58. The maximum absolute atomic E-state index is 11.2. The Morgan fingerprint density at radius 3 is 2.68 bits per heavy atom. The average Bonchev–Trinajstić information content (AvgIpc) is 2.73. The van der Waals surface area contributed by atoms with E-state index in [1.54, 1.807) is 0 Å². The van der Waals surface area contributed by atoms with E-state index in [0.29, 0.717) is 23.2 Å². The Kier molecular flexibility index (Phi) is 3.18. The fraction of sp³-hybridized carbons (Fsp3) is 0.900. The summed E-state index contributed by atoms with van der Waals surface area (Å²) in [5, 5.41) is 21.2. The third-order valence-electron chi connectivity index (χ3n) is 8.64. The van der Waals surface area contributed by atoms with Crippen molar-refractivity contribution in [2.24, 2.45) is 34.0 Å². The molecule has 4 aliphatic rings. The van der Waals surface area contributed by atoms with E-state index < -0.39 is 0 Å². The van der Waals surface area contributed by atoms with E-state index in [9.17, 15) is 10.2 Å². The molecule has 0 aromatic rings. The van der Waals surface area contributed by atoms with E-state index in [1.807, 2.05) is 0 Å². The van der Waals surface area contributed by atoms with Crippen LogP contribution in [0.1, 0.15) is 65.2 Å². The Bertz CT molecular complexity index is 500. The van der Waals surface area contributed by atoms with Crippen molar-refractivity contribution in [1.29, 1.82) is 0 Å². The van der Waals surface area contributed by atoms with Gasteiger partial charge in [-0.15, -0.1) is 0 Å². The van der Waals surface area contributed by atoms with Crippen LogP contribution in [0.5, 0.6) is 0 Å². The summed E-state index contributed by atoms with van der Waals surface area (Å²) in [5.41, 5.74) is 1.82. The zero-order valence-corrected chi connectivity index (χ0v) is 14.3. The molecule has 0 saturated heterocycles. The minimum Gasteiger partial charge on any atom is -0.396 e. The molecule has 0 aliphatic heterocycles. The van der Waals surface area contributed by atoms with Crippen LogP contribution in [0.3, 0.4) is 0 Å². The van der Waals surface area contributed by atoms with Crippen molar-refractivity contribution in [3.05, 3.63) is 12.2 Å². The normalized spacial score (nSPS) is 57.4. The highest BCUT2D eigenvalue weighted by molar-refractivity contribution is 5.24. The molecule has 4 fully saturated rings. The van der Waals surface area contributed by atoms with Crippen LogP contribution in [0.25, 0.3) is 0 Å². The van der Waals surface area contributed by atoms with E-state index in [2.05, 4.69) is 20.4 Å². The van der Waals surface area contributed by atoms with Gasteiger partial charge in [-0.1, -0.05) is 32.4 Å². The number of hydrogen-bond donors (Lipinski definition) is 2. The van der Waals surface area contributed by atoms with Crippen LogP contribution < -0.4 is 0 Å². The molecule has 0 unspecified atom stereocenters. The lowest BCUT2D eigenvalue weighted by atomic mass is 9.40. The van der Waals surface area contributed by atoms with Crippen LogP contribution in [0.15, 0.2) is 12.2 Å². The van der Waals surface area contributed by atoms with Gasteiger partial charge in [-0.05, 0) is 73.5 Å². The molecule has 22 heavy (non-hydrogen) atoms. The molecule has 0 aromatic carbocycles. The van der Waals surface area contributed by atoms with Gasteiger partial charge >= 0.3 is 0 Å². The molecule has 2 bridgehead atoms. The molecule has 1 spiro atoms. The fourth-order valence-corrected chi connectivity index (χ4v) is 7.58. The molecular formula is C20H32O2. The second-order valence-electron chi connectivity index (χ2n) is 9.57. The van der Waals surface area contributed by atoms with Crippen molar-refractivity contribution in [3.8, 4) is 0 Å². The van der Waals surface area contributed by atoms with Gasteiger partial charge in [0.15, 0.2) is 0 Å². The first-order chi connectivity index (χ1) is 10.4. The number of allylic oxidation sites excluding steroid dienone is 1. The molecule has 4 saturated carbocycles. The minimum absolute atomic E-state index is 0.00204. The number of aliphatic hydroxyl groups excluding tert-OH is 2. The average molecular weight is 304 g/mol. The van der Waals surface area contributed by atoms with Crippen LogP contribution in [0.4, 0.5) is 0 Å². The lowest BCUT2D eigenvalue weighted by Gasteiger charge is -2.65. The molecular weight excluding hydrogens is 272 g/mol. The predicted octanol–water partition coefficient (Wildman–Crippen LogP) is 3.92. The predicted molar refractivity (Wildman–Crippen MR) is 88.3 cm³/mol. The van der Waals surface area contributed by atoms with E-state index >= 15 is 0 Å². The van der Waals surface area contributed by atoms with E-state index in [-0.39, 0.29) is 23.5 Å². The van der Waals surface area contributed by atoms with Crippen molar-refractivity contribution in [1.82, 2.24) is 0 Å². The van der Waals surface area contributed by atoms with Crippen molar-refractivity contribution < 1.29 is 10.2 Å². The van der Waals surface area contributed by atoms with E-state index in [0.717, 1.165) is 19.3 Å². The topological polar surface area (TPSA) is 40.5 Å². The van der Waals surface area contributed by atoms with Gasteiger partial charge in [-0.3, -0.25) is 0 Å². The Morgan fingerprint density at radius 2 is 1.95 bits per heavy atom. The monoisotopic (exact) mass is 304 g/mol. The standard InChI is InChI=1S/C20H32O2/c1-13-10-20-11-14(13)5-6-15(20)19(3)8-4-7-18(2,12-21)16(19)9-17(20)22/h14-17,21-22H,1,4-12H2,2-3H3/t14-,15+,16-,17-,18-,19+,20+/m1/s1. The first-order valence-electron chi connectivity index (χ1n) is 9.32. The molecule has 0 aromatic heterocycles. The second kappa shape index (κ2) is 4.60. The van der Waals surface area contributed by atoms with Gasteiger partial charge < -0.3 is 10.2 Å². The smallest absolute Gasteiger partial charge is 0.0605 e. The Hall–Kier alpha value is -0.340. The van der Waals surface area contributed by atoms with Gasteiger partial charge in [0.05, 0.1) is 6.10 Å². The summed E-state index contributed by atoms with van der Waals surface area (Å²) in [6, 6.07) is 0. The third-order valence-corrected chi connectivity index (χ3v) is 8.64. The molecule has 0 radical (unpaired) electrons. The van der Waals surface area contributed by atoms with Gasteiger partial charge in [-0.25, -0.2) is 0 Å². The first kappa shape index (κ1) is 15.2. The molecule has 0 amide bonds. The molecule has 7 atom stereocenters. The highest BCUT2D eigenvalue weighted by atomic mass is 16.3. The molecule has 124 valence electrons. The van der Waals surface area contributed by atoms with Gasteiger partial charge in [0, 0.05) is 12.0 Å². The molecule has 2 heteroatoms. The highest BCUT2D eigenvalue weighted by Crippen LogP contribution is 2.71. The second-order valence-corrected chi connectivity index (χ2v) is 9.57. The van der Waals surface area contributed by atoms with Crippen molar-refractivity contribution in [3.63, 3.8) is 0 Å². The van der Waals surface area contributed by atoms with Crippen molar-refractivity contribution in [2.75, 3.05) is 6.61 Å². The van der Waals surface area contributed by atoms with Crippen molar-refractivity contribution >= 4 is 0 Å². The van der Waals surface area contributed by atoms with Crippen LogP contribution in [-0.2, 0) is 0 Å². The third kappa shape index (κ3) is 1.69. The minimum atomic E-state index is -0.193. The molecule has 4 aliphatic carbocycles. The van der Waals surface area contributed by atoms with Gasteiger partial charge in [0.2, 0.25) is 0 Å². The summed E-state index contributed by atoms with van der Waals surface area (Å²) >= 11 is 0. The van der Waals surface area contributed by atoms with Gasteiger partial charge in [-0.2, -0.15) is 0 Å². The lowest BCUT2D eigenvalue weighted by Crippen LogP contribution is -2.62. The van der Waals surface area contributed by atoms with E-state index in [4.69, 9.17) is 0 Å². The summed E-state index contributed by atoms with van der Waals surface area (Å²) in [7, 11) is 0. The number of hydrogen-bond acceptors (Lipinski definition) is 2.